The molecule has 2 N–H and O–H groups in total. The minimum atomic E-state index is 0.0328. The Balaban J connectivity index is 1.63. The van der Waals surface area contributed by atoms with Crippen molar-refractivity contribution in [1.82, 2.24) is 15.5 Å². The van der Waals surface area contributed by atoms with E-state index in [1.54, 1.807) is 0 Å². The summed E-state index contributed by atoms with van der Waals surface area (Å²) in [6.07, 6.45) is 5.42. The summed E-state index contributed by atoms with van der Waals surface area (Å²) in [6.45, 7) is 3.35. The van der Waals surface area contributed by atoms with Crippen LogP contribution in [0.2, 0.25) is 0 Å². The van der Waals surface area contributed by atoms with Crippen molar-refractivity contribution in [2.45, 2.75) is 32.1 Å². The molecule has 0 radical (unpaired) electrons. The molecule has 1 heterocycles. The summed E-state index contributed by atoms with van der Waals surface area (Å²) in [5.41, 5.74) is 0. The summed E-state index contributed by atoms with van der Waals surface area (Å²) < 4.78 is 0. The van der Waals surface area contributed by atoms with Gasteiger partial charge in [0.1, 0.15) is 0 Å². The van der Waals surface area contributed by atoms with E-state index in [1.165, 1.54) is 25.7 Å². The fourth-order valence-electron chi connectivity index (χ4n) is 2.75. The van der Waals surface area contributed by atoms with E-state index in [0.29, 0.717) is 12.3 Å². The van der Waals surface area contributed by atoms with Gasteiger partial charge in [0.15, 0.2) is 0 Å². The maximum atomic E-state index is 11.8. The first-order valence-electron chi connectivity index (χ1n) is 7.01. The molecule has 1 saturated carbocycles. The highest BCUT2D eigenvalue weighted by Gasteiger charge is 2.20. The fraction of sp³-hybridized carbons (Fsp3) is 0.846. The Bertz CT molecular complexity index is 295. The minimum Gasteiger partial charge on any atom is -0.347 e. The molecule has 2 aliphatic rings. The molecule has 0 bridgehead atoms. The van der Waals surface area contributed by atoms with E-state index in [9.17, 15) is 9.59 Å². The highest BCUT2D eigenvalue weighted by atomic mass is 16.2. The average molecular weight is 253 g/mol. The number of amides is 2. The zero-order chi connectivity index (χ0) is 12.8. The highest BCUT2D eigenvalue weighted by Crippen LogP contribution is 2.27. The van der Waals surface area contributed by atoms with Crippen LogP contribution in [0.3, 0.4) is 0 Å². The van der Waals surface area contributed by atoms with E-state index in [4.69, 9.17) is 0 Å². The predicted molar refractivity (Wildman–Crippen MR) is 69.0 cm³/mol. The number of carbonyl (C=O) groups is 2. The third kappa shape index (κ3) is 3.98. The number of nitrogens with zero attached hydrogens (tertiary/aromatic N) is 1. The summed E-state index contributed by atoms with van der Waals surface area (Å²) in [6, 6.07) is 0. The van der Waals surface area contributed by atoms with Gasteiger partial charge in [-0.1, -0.05) is 12.8 Å². The lowest BCUT2D eigenvalue weighted by Gasteiger charge is -2.27. The van der Waals surface area contributed by atoms with Crippen molar-refractivity contribution < 1.29 is 9.59 Å². The molecular formula is C13H23N3O2. The molecule has 0 unspecified atom stereocenters. The van der Waals surface area contributed by atoms with Crippen LogP contribution in [0.4, 0.5) is 0 Å². The summed E-state index contributed by atoms with van der Waals surface area (Å²) in [7, 11) is 0. The molecule has 0 aromatic rings. The molecule has 2 amide bonds. The molecule has 5 nitrogen and oxygen atoms in total. The molecule has 0 aromatic heterocycles. The van der Waals surface area contributed by atoms with Gasteiger partial charge in [0.2, 0.25) is 11.8 Å². The number of nitrogens with one attached hydrogen (secondary N) is 2. The molecule has 18 heavy (non-hydrogen) atoms. The van der Waals surface area contributed by atoms with Crippen LogP contribution in [0.25, 0.3) is 0 Å². The number of hydrogen-bond donors (Lipinski definition) is 2. The molecule has 1 aliphatic carbocycles. The van der Waals surface area contributed by atoms with Gasteiger partial charge in [-0.15, -0.1) is 0 Å². The first-order chi connectivity index (χ1) is 8.75. The van der Waals surface area contributed by atoms with Crippen LogP contribution in [0.5, 0.6) is 0 Å². The van der Waals surface area contributed by atoms with Crippen molar-refractivity contribution in [3.8, 4) is 0 Å². The fourth-order valence-corrected chi connectivity index (χ4v) is 2.75. The van der Waals surface area contributed by atoms with Crippen LogP contribution in [-0.2, 0) is 9.59 Å². The van der Waals surface area contributed by atoms with E-state index >= 15 is 0 Å². The Labute approximate surface area is 108 Å². The standard InChI is InChI=1S/C13H23N3O2/c17-12(9-11-3-1-2-4-11)15-10-13(18)16-7-5-14-6-8-16/h11,14H,1-10H2,(H,15,17). The van der Waals surface area contributed by atoms with Gasteiger partial charge < -0.3 is 15.5 Å². The molecular weight excluding hydrogens is 230 g/mol. The lowest BCUT2D eigenvalue weighted by molar-refractivity contribution is -0.133. The maximum Gasteiger partial charge on any atom is 0.242 e. The number of hydrogen-bond acceptors (Lipinski definition) is 3. The van der Waals surface area contributed by atoms with Crippen LogP contribution >= 0.6 is 0 Å². The van der Waals surface area contributed by atoms with Gasteiger partial charge in [-0.2, -0.15) is 0 Å². The molecule has 5 heteroatoms. The molecule has 2 fully saturated rings. The average Bonchev–Trinajstić information content (AvgIpc) is 2.90. The van der Waals surface area contributed by atoms with E-state index < -0.39 is 0 Å². The van der Waals surface area contributed by atoms with E-state index in [0.717, 1.165) is 26.2 Å². The second-order valence-electron chi connectivity index (χ2n) is 5.26. The lowest BCUT2D eigenvalue weighted by atomic mass is 10.0. The van der Waals surface area contributed by atoms with Crippen LogP contribution in [-0.4, -0.2) is 49.4 Å². The largest absolute Gasteiger partial charge is 0.347 e. The molecule has 1 saturated heterocycles. The minimum absolute atomic E-state index is 0.0328. The number of piperazine rings is 1. The quantitative estimate of drug-likeness (QED) is 0.748. The second-order valence-corrected chi connectivity index (χ2v) is 5.26. The van der Waals surface area contributed by atoms with E-state index in [2.05, 4.69) is 10.6 Å². The van der Waals surface area contributed by atoms with Gasteiger partial charge in [0.25, 0.3) is 0 Å². The van der Waals surface area contributed by atoms with Gasteiger partial charge in [-0.05, 0) is 18.8 Å². The number of carbonyl (C=O) groups excluding carboxylic acids is 2. The second kappa shape index (κ2) is 6.73. The topological polar surface area (TPSA) is 61.4 Å². The zero-order valence-electron chi connectivity index (χ0n) is 10.9. The van der Waals surface area contributed by atoms with Gasteiger partial charge in [0.05, 0.1) is 6.54 Å². The third-order valence-corrected chi connectivity index (χ3v) is 3.86. The van der Waals surface area contributed by atoms with Crippen molar-refractivity contribution in [1.29, 1.82) is 0 Å². The molecule has 102 valence electrons. The Morgan fingerprint density at radius 2 is 1.83 bits per heavy atom. The molecule has 0 aromatic carbocycles. The van der Waals surface area contributed by atoms with Gasteiger partial charge in [0, 0.05) is 32.6 Å². The Morgan fingerprint density at radius 3 is 2.50 bits per heavy atom. The molecule has 1 aliphatic heterocycles. The van der Waals surface area contributed by atoms with Crippen molar-refractivity contribution in [2.75, 3.05) is 32.7 Å². The van der Waals surface area contributed by atoms with Gasteiger partial charge in [-0.25, -0.2) is 0 Å². The first-order valence-corrected chi connectivity index (χ1v) is 7.01. The Hall–Kier alpha value is -1.10. The van der Waals surface area contributed by atoms with Crippen LogP contribution in [0, 0.1) is 5.92 Å². The zero-order valence-corrected chi connectivity index (χ0v) is 10.9. The third-order valence-electron chi connectivity index (χ3n) is 3.86. The predicted octanol–water partition coefficient (Wildman–Crippen LogP) is 0.115. The molecule has 2 rings (SSSR count). The SMILES string of the molecule is O=C(CC1CCCC1)NCC(=O)N1CCNCC1. The van der Waals surface area contributed by atoms with E-state index in [-0.39, 0.29) is 18.4 Å². The van der Waals surface area contributed by atoms with Crippen LogP contribution in [0.1, 0.15) is 32.1 Å². The number of rotatable bonds is 4. The monoisotopic (exact) mass is 253 g/mol. The summed E-state index contributed by atoms with van der Waals surface area (Å²) in [4.78, 5) is 25.3. The summed E-state index contributed by atoms with van der Waals surface area (Å²) in [5, 5.41) is 5.96. The lowest BCUT2D eigenvalue weighted by Crippen LogP contribution is -2.49. The smallest absolute Gasteiger partial charge is 0.242 e. The van der Waals surface area contributed by atoms with Crippen LogP contribution < -0.4 is 10.6 Å². The highest BCUT2D eigenvalue weighted by molar-refractivity contribution is 5.84. The van der Waals surface area contributed by atoms with Gasteiger partial charge >= 0.3 is 0 Å². The van der Waals surface area contributed by atoms with Gasteiger partial charge in [-0.3, -0.25) is 9.59 Å². The molecule has 0 spiro atoms. The van der Waals surface area contributed by atoms with Crippen molar-refractivity contribution in [2.24, 2.45) is 5.92 Å². The van der Waals surface area contributed by atoms with Crippen molar-refractivity contribution in [3.63, 3.8) is 0 Å². The van der Waals surface area contributed by atoms with Crippen molar-refractivity contribution >= 4 is 11.8 Å². The summed E-state index contributed by atoms with van der Waals surface area (Å²) >= 11 is 0. The Kier molecular flexibility index (Phi) is 4.99. The molecule has 0 atom stereocenters. The first kappa shape index (κ1) is 13.3. The normalized spacial score (nSPS) is 21.0. The van der Waals surface area contributed by atoms with E-state index in [1.807, 2.05) is 4.90 Å². The van der Waals surface area contributed by atoms with Crippen molar-refractivity contribution in [3.05, 3.63) is 0 Å². The Morgan fingerprint density at radius 1 is 1.17 bits per heavy atom. The maximum absolute atomic E-state index is 11.8. The summed E-state index contributed by atoms with van der Waals surface area (Å²) in [5.74, 6) is 0.612. The van der Waals surface area contributed by atoms with Crippen LogP contribution in [0.15, 0.2) is 0 Å².